The number of carbonyl (C=O) groups excluding carboxylic acids is 1. The van der Waals surface area contributed by atoms with Crippen molar-refractivity contribution in [3.05, 3.63) is 69.3 Å². The van der Waals surface area contributed by atoms with Gasteiger partial charge in [-0.2, -0.15) is 5.26 Å². The number of ether oxygens (including phenoxy) is 1. The van der Waals surface area contributed by atoms with Gasteiger partial charge in [0.1, 0.15) is 17.4 Å². The molecule has 1 amide bonds. The first-order valence-corrected chi connectivity index (χ1v) is 9.47. The number of amides is 1. The molecular weight excluding hydrogens is 397 g/mol. The molecule has 0 fully saturated rings. The van der Waals surface area contributed by atoms with Crippen LogP contribution in [0.2, 0.25) is 10.0 Å². The van der Waals surface area contributed by atoms with E-state index in [1.54, 1.807) is 18.2 Å². The first-order chi connectivity index (χ1) is 13.3. The largest absolute Gasteiger partial charge is 0.494 e. The van der Waals surface area contributed by atoms with Crippen LogP contribution >= 0.6 is 23.2 Å². The summed E-state index contributed by atoms with van der Waals surface area (Å²) >= 11 is 12.0. The topological polar surface area (TPSA) is 74.1 Å². The second-order valence-electron chi connectivity index (χ2n) is 6.11. The molecule has 2 aromatic rings. The van der Waals surface area contributed by atoms with E-state index in [1.165, 1.54) is 6.20 Å². The Bertz CT molecular complexity index is 936. The van der Waals surface area contributed by atoms with E-state index in [1.807, 2.05) is 45.0 Å². The Morgan fingerprint density at radius 1 is 1.29 bits per heavy atom. The van der Waals surface area contributed by atoms with Gasteiger partial charge in [0.15, 0.2) is 0 Å². The highest BCUT2D eigenvalue weighted by molar-refractivity contribution is 6.35. The van der Waals surface area contributed by atoms with Gasteiger partial charge in [-0.25, -0.2) is 0 Å². The lowest BCUT2D eigenvalue weighted by Gasteiger charge is -2.18. The van der Waals surface area contributed by atoms with Crippen molar-refractivity contribution < 1.29 is 9.53 Å². The molecule has 1 atom stereocenters. The maximum Gasteiger partial charge on any atom is 0.263 e. The Morgan fingerprint density at radius 2 is 2.04 bits per heavy atom. The minimum atomic E-state index is -0.510. The SMILES string of the molecule is CCOc1ccc(C)cc1C(C)NC(=O)/C(C#N)=C\Nc1cc(Cl)ccc1Cl. The van der Waals surface area contributed by atoms with E-state index in [0.29, 0.717) is 28.1 Å². The zero-order valence-electron chi connectivity index (χ0n) is 15.8. The Kier molecular flexibility index (Phi) is 7.74. The zero-order chi connectivity index (χ0) is 20.7. The lowest BCUT2D eigenvalue weighted by Crippen LogP contribution is -2.28. The second kappa shape index (κ2) is 10.0. The van der Waals surface area contributed by atoms with Crippen LogP contribution in [0, 0.1) is 18.3 Å². The number of benzene rings is 2. The lowest BCUT2D eigenvalue weighted by atomic mass is 10.0. The highest BCUT2D eigenvalue weighted by atomic mass is 35.5. The predicted octanol–water partition coefficient (Wildman–Crippen LogP) is 5.40. The van der Waals surface area contributed by atoms with Gasteiger partial charge in [-0.05, 0) is 45.0 Å². The number of nitrogens with one attached hydrogen (secondary N) is 2. The number of aryl methyl sites for hydroxylation is 1. The summed E-state index contributed by atoms with van der Waals surface area (Å²) in [5.74, 6) is 0.192. The van der Waals surface area contributed by atoms with Gasteiger partial charge in [0.2, 0.25) is 0 Å². The summed E-state index contributed by atoms with van der Waals surface area (Å²) in [5.41, 5.74) is 2.31. The van der Waals surface area contributed by atoms with Crippen LogP contribution < -0.4 is 15.4 Å². The molecule has 7 heteroatoms. The first kappa shape index (κ1) is 21.6. The molecule has 5 nitrogen and oxygen atoms in total. The van der Waals surface area contributed by atoms with Crippen LogP contribution in [0.1, 0.15) is 31.0 Å². The third kappa shape index (κ3) is 5.66. The molecule has 0 bridgehead atoms. The molecule has 0 heterocycles. The van der Waals surface area contributed by atoms with Gasteiger partial charge in [-0.1, -0.05) is 40.9 Å². The third-order valence-electron chi connectivity index (χ3n) is 3.94. The average molecular weight is 418 g/mol. The maximum atomic E-state index is 12.5. The summed E-state index contributed by atoms with van der Waals surface area (Å²) in [6.45, 7) is 6.22. The average Bonchev–Trinajstić information content (AvgIpc) is 2.66. The molecule has 0 aromatic heterocycles. The predicted molar refractivity (Wildman–Crippen MR) is 113 cm³/mol. The van der Waals surface area contributed by atoms with Crippen LogP contribution in [0.5, 0.6) is 5.75 Å². The highest BCUT2D eigenvalue weighted by Crippen LogP contribution is 2.27. The van der Waals surface area contributed by atoms with E-state index in [0.717, 1.165) is 11.1 Å². The van der Waals surface area contributed by atoms with Crippen molar-refractivity contribution in [2.24, 2.45) is 0 Å². The zero-order valence-corrected chi connectivity index (χ0v) is 17.4. The number of nitriles is 1. The number of carbonyl (C=O) groups is 1. The molecule has 28 heavy (non-hydrogen) atoms. The van der Waals surface area contributed by atoms with Crippen molar-refractivity contribution in [1.82, 2.24) is 5.32 Å². The molecule has 0 aliphatic carbocycles. The summed E-state index contributed by atoms with van der Waals surface area (Å²) in [4.78, 5) is 12.5. The van der Waals surface area contributed by atoms with Crippen LogP contribution in [-0.4, -0.2) is 12.5 Å². The van der Waals surface area contributed by atoms with Crippen LogP contribution in [0.15, 0.2) is 48.2 Å². The fourth-order valence-electron chi connectivity index (χ4n) is 2.55. The van der Waals surface area contributed by atoms with Gasteiger partial charge >= 0.3 is 0 Å². The monoisotopic (exact) mass is 417 g/mol. The van der Waals surface area contributed by atoms with E-state index in [-0.39, 0.29) is 11.6 Å². The molecule has 2 N–H and O–H groups in total. The van der Waals surface area contributed by atoms with Gasteiger partial charge in [0.05, 0.1) is 23.4 Å². The summed E-state index contributed by atoms with van der Waals surface area (Å²) in [5, 5.41) is 16.0. The van der Waals surface area contributed by atoms with Gasteiger partial charge < -0.3 is 15.4 Å². The van der Waals surface area contributed by atoms with Crippen LogP contribution in [0.3, 0.4) is 0 Å². The van der Waals surface area contributed by atoms with E-state index in [9.17, 15) is 10.1 Å². The molecule has 0 saturated carbocycles. The summed E-state index contributed by atoms with van der Waals surface area (Å²) < 4.78 is 5.64. The Morgan fingerprint density at radius 3 is 2.71 bits per heavy atom. The molecule has 0 aliphatic heterocycles. The van der Waals surface area contributed by atoms with Gasteiger partial charge in [-0.3, -0.25) is 4.79 Å². The molecule has 1 unspecified atom stereocenters. The molecule has 146 valence electrons. The van der Waals surface area contributed by atoms with Crippen molar-refractivity contribution >= 4 is 34.8 Å². The van der Waals surface area contributed by atoms with Crippen molar-refractivity contribution in [2.45, 2.75) is 26.8 Å². The third-order valence-corrected chi connectivity index (χ3v) is 4.51. The number of nitrogens with zero attached hydrogens (tertiary/aromatic N) is 1. The minimum absolute atomic E-state index is 0.0893. The number of anilines is 1. The Balaban J connectivity index is 2.17. The molecule has 2 rings (SSSR count). The molecule has 0 spiro atoms. The number of hydrogen-bond donors (Lipinski definition) is 2. The van der Waals surface area contributed by atoms with Gasteiger partial charge in [0, 0.05) is 16.8 Å². The molecular formula is C21H21Cl2N3O2. The molecule has 2 aromatic carbocycles. The molecule has 0 radical (unpaired) electrons. The van der Waals surface area contributed by atoms with Crippen molar-refractivity contribution in [2.75, 3.05) is 11.9 Å². The van der Waals surface area contributed by atoms with Crippen LogP contribution in [0.4, 0.5) is 5.69 Å². The highest BCUT2D eigenvalue weighted by Gasteiger charge is 2.17. The number of halogens is 2. The fourth-order valence-corrected chi connectivity index (χ4v) is 2.90. The standard InChI is InChI=1S/C21H21Cl2N3O2/c1-4-28-20-8-5-13(2)9-17(20)14(3)26-21(27)15(11-24)12-25-19-10-16(22)6-7-18(19)23/h5-10,12,14,25H,4H2,1-3H3,(H,26,27)/b15-12-. The van der Waals surface area contributed by atoms with E-state index in [4.69, 9.17) is 27.9 Å². The Labute approximate surface area is 174 Å². The smallest absolute Gasteiger partial charge is 0.263 e. The molecule has 0 saturated heterocycles. The van der Waals surface area contributed by atoms with Gasteiger partial charge in [0.25, 0.3) is 5.91 Å². The molecule has 0 aliphatic rings. The first-order valence-electron chi connectivity index (χ1n) is 8.71. The number of hydrogen-bond acceptors (Lipinski definition) is 4. The normalized spacial score (nSPS) is 12.1. The van der Waals surface area contributed by atoms with Crippen LogP contribution in [0.25, 0.3) is 0 Å². The number of rotatable bonds is 7. The lowest BCUT2D eigenvalue weighted by molar-refractivity contribution is -0.117. The maximum absolute atomic E-state index is 12.5. The second-order valence-corrected chi connectivity index (χ2v) is 6.95. The summed E-state index contributed by atoms with van der Waals surface area (Å²) in [6.07, 6.45) is 1.30. The van der Waals surface area contributed by atoms with E-state index >= 15 is 0 Å². The van der Waals surface area contributed by atoms with Crippen molar-refractivity contribution in [1.29, 1.82) is 5.26 Å². The van der Waals surface area contributed by atoms with Crippen molar-refractivity contribution in [3.63, 3.8) is 0 Å². The minimum Gasteiger partial charge on any atom is -0.494 e. The summed E-state index contributed by atoms with van der Waals surface area (Å²) in [6, 6.07) is 12.2. The summed E-state index contributed by atoms with van der Waals surface area (Å²) in [7, 11) is 0. The van der Waals surface area contributed by atoms with Crippen LogP contribution in [-0.2, 0) is 4.79 Å². The fraction of sp³-hybridized carbons (Fsp3) is 0.238. The quantitative estimate of drug-likeness (QED) is 0.467. The Hall–Kier alpha value is -2.68. The van der Waals surface area contributed by atoms with E-state index < -0.39 is 5.91 Å². The van der Waals surface area contributed by atoms with E-state index in [2.05, 4.69) is 10.6 Å². The van der Waals surface area contributed by atoms with Gasteiger partial charge in [-0.15, -0.1) is 0 Å². The van der Waals surface area contributed by atoms with Crippen molar-refractivity contribution in [3.8, 4) is 11.8 Å².